The first-order chi connectivity index (χ1) is 12.4. The van der Waals surface area contributed by atoms with Gasteiger partial charge in [-0.1, -0.05) is 29.8 Å². The molecule has 0 bridgehead atoms. The largest absolute Gasteiger partial charge is 0.460 e. The van der Waals surface area contributed by atoms with Gasteiger partial charge in [-0.2, -0.15) is 0 Å². The van der Waals surface area contributed by atoms with Crippen molar-refractivity contribution < 1.29 is 19.1 Å². The second-order valence-electron chi connectivity index (χ2n) is 6.42. The van der Waals surface area contributed by atoms with E-state index in [1.54, 1.807) is 50.2 Å². The van der Waals surface area contributed by atoms with Crippen molar-refractivity contribution in [2.45, 2.75) is 33.0 Å². The molecular weight excluding hydrogens is 332 g/mol. The Labute approximate surface area is 151 Å². The molecule has 0 saturated carbocycles. The van der Waals surface area contributed by atoms with Gasteiger partial charge in [0, 0.05) is 5.69 Å². The maximum Gasteiger partial charge on any atom is 0.350 e. The second kappa shape index (κ2) is 7.00. The smallest absolute Gasteiger partial charge is 0.350 e. The van der Waals surface area contributed by atoms with Crippen LogP contribution in [0.4, 0.5) is 5.69 Å². The van der Waals surface area contributed by atoms with Crippen LogP contribution in [0.2, 0.25) is 0 Å². The molecule has 0 aliphatic carbocycles. The summed E-state index contributed by atoms with van der Waals surface area (Å²) in [4.78, 5) is 39.0. The summed E-state index contributed by atoms with van der Waals surface area (Å²) in [6.45, 7) is 5.37. The fourth-order valence-electron chi connectivity index (χ4n) is 2.78. The van der Waals surface area contributed by atoms with E-state index >= 15 is 0 Å². The van der Waals surface area contributed by atoms with E-state index in [2.05, 4.69) is 5.32 Å². The van der Waals surface area contributed by atoms with Crippen molar-refractivity contribution in [3.8, 4) is 0 Å². The number of benzene rings is 2. The number of aryl methyl sites for hydroxylation is 1. The van der Waals surface area contributed by atoms with Crippen LogP contribution >= 0.6 is 0 Å². The Bertz CT molecular complexity index is 823. The van der Waals surface area contributed by atoms with E-state index in [0.29, 0.717) is 5.69 Å². The first-order valence-corrected chi connectivity index (χ1v) is 8.39. The summed E-state index contributed by atoms with van der Waals surface area (Å²) in [5, 5.41) is 2.96. The van der Waals surface area contributed by atoms with Gasteiger partial charge in [-0.25, -0.2) is 9.69 Å². The number of fused-ring (bicyclic) bond motifs is 1. The molecule has 1 atom stereocenters. The summed E-state index contributed by atoms with van der Waals surface area (Å²) in [6.07, 6.45) is -1.62. The van der Waals surface area contributed by atoms with E-state index in [4.69, 9.17) is 4.74 Å². The van der Waals surface area contributed by atoms with E-state index in [1.165, 1.54) is 0 Å². The van der Waals surface area contributed by atoms with Gasteiger partial charge >= 0.3 is 5.97 Å². The molecule has 2 amide bonds. The van der Waals surface area contributed by atoms with Gasteiger partial charge in [0.05, 0.1) is 17.2 Å². The number of imide groups is 1. The first-order valence-electron chi connectivity index (χ1n) is 8.39. The topological polar surface area (TPSA) is 75.7 Å². The molecule has 3 rings (SSSR count). The van der Waals surface area contributed by atoms with Crippen molar-refractivity contribution in [3.05, 3.63) is 65.2 Å². The number of esters is 1. The zero-order chi connectivity index (χ0) is 18.8. The molecule has 134 valence electrons. The molecule has 0 radical (unpaired) electrons. The van der Waals surface area contributed by atoms with E-state index in [1.807, 2.05) is 19.1 Å². The number of nitrogens with one attached hydrogen (secondary N) is 1. The maximum atomic E-state index is 12.7. The lowest BCUT2D eigenvalue weighted by Gasteiger charge is -2.27. The van der Waals surface area contributed by atoms with Gasteiger partial charge in [0.2, 0.25) is 6.17 Å². The van der Waals surface area contributed by atoms with Crippen LogP contribution in [0, 0.1) is 6.92 Å². The standard InChI is InChI=1S/C20H20N2O4/c1-12(2)26-20(25)17(21-14-10-8-13(3)9-11-14)22-18(23)15-6-4-5-7-16(15)19(22)24/h4-12,17,21H,1-3H3. The summed E-state index contributed by atoms with van der Waals surface area (Å²) in [5.74, 6) is -1.72. The molecule has 1 aliphatic heterocycles. The van der Waals surface area contributed by atoms with Gasteiger partial charge in [-0.3, -0.25) is 9.59 Å². The molecule has 0 spiro atoms. The summed E-state index contributed by atoms with van der Waals surface area (Å²) < 4.78 is 5.27. The highest BCUT2D eigenvalue weighted by atomic mass is 16.5. The molecule has 6 heteroatoms. The van der Waals surface area contributed by atoms with Crippen LogP contribution in [0.1, 0.15) is 40.1 Å². The van der Waals surface area contributed by atoms with Gasteiger partial charge in [-0.15, -0.1) is 0 Å². The SMILES string of the molecule is Cc1ccc(NC(C(=O)OC(C)C)N2C(=O)c3ccccc3C2=O)cc1. The number of anilines is 1. The van der Waals surface area contributed by atoms with Crippen molar-refractivity contribution in [3.63, 3.8) is 0 Å². The average molecular weight is 352 g/mol. The predicted molar refractivity (Wildman–Crippen MR) is 96.8 cm³/mol. The summed E-state index contributed by atoms with van der Waals surface area (Å²) >= 11 is 0. The minimum Gasteiger partial charge on any atom is -0.460 e. The van der Waals surface area contributed by atoms with Crippen LogP contribution in [-0.4, -0.2) is 35.0 Å². The van der Waals surface area contributed by atoms with Gasteiger partial charge in [-0.05, 0) is 45.0 Å². The van der Waals surface area contributed by atoms with Crippen molar-refractivity contribution in [2.24, 2.45) is 0 Å². The number of carbonyl (C=O) groups excluding carboxylic acids is 3. The Morgan fingerprint density at radius 3 is 2.00 bits per heavy atom. The van der Waals surface area contributed by atoms with Crippen molar-refractivity contribution in [1.29, 1.82) is 0 Å². The zero-order valence-electron chi connectivity index (χ0n) is 14.9. The number of amides is 2. The molecule has 1 unspecified atom stereocenters. The molecule has 0 fully saturated rings. The van der Waals surface area contributed by atoms with Crippen LogP contribution in [0.5, 0.6) is 0 Å². The number of hydrogen-bond acceptors (Lipinski definition) is 5. The molecule has 2 aromatic carbocycles. The van der Waals surface area contributed by atoms with Gasteiger partial charge in [0.15, 0.2) is 0 Å². The molecule has 2 aromatic rings. The summed E-state index contributed by atoms with van der Waals surface area (Å²) in [7, 11) is 0. The van der Waals surface area contributed by atoms with Crippen LogP contribution in [0.15, 0.2) is 48.5 Å². The van der Waals surface area contributed by atoms with Crippen LogP contribution in [0.25, 0.3) is 0 Å². The van der Waals surface area contributed by atoms with Gasteiger partial charge in [0.1, 0.15) is 0 Å². The molecule has 6 nitrogen and oxygen atoms in total. The van der Waals surface area contributed by atoms with Gasteiger partial charge in [0.25, 0.3) is 11.8 Å². The molecule has 1 aliphatic rings. The fraction of sp³-hybridized carbons (Fsp3) is 0.250. The Hall–Kier alpha value is -3.15. The second-order valence-corrected chi connectivity index (χ2v) is 6.42. The molecule has 1 N–H and O–H groups in total. The number of hydrogen-bond donors (Lipinski definition) is 1. The first kappa shape index (κ1) is 17.7. The Kier molecular flexibility index (Phi) is 4.75. The molecule has 26 heavy (non-hydrogen) atoms. The zero-order valence-corrected chi connectivity index (χ0v) is 14.9. The lowest BCUT2D eigenvalue weighted by Crippen LogP contribution is -2.50. The summed E-state index contributed by atoms with van der Waals surface area (Å²) in [6, 6.07) is 13.8. The molecular formula is C20H20N2O4. The molecule has 0 aromatic heterocycles. The number of nitrogens with zero attached hydrogens (tertiary/aromatic N) is 1. The van der Waals surface area contributed by atoms with Crippen LogP contribution in [0.3, 0.4) is 0 Å². The third kappa shape index (κ3) is 3.31. The normalized spacial score (nSPS) is 14.4. The minimum absolute atomic E-state index is 0.283. The average Bonchev–Trinajstić information content (AvgIpc) is 2.85. The number of ether oxygens (including phenoxy) is 1. The summed E-state index contributed by atoms with van der Waals surface area (Å²) in [5.41, 5.74) is 2.23. The lowest BCUT2D eigenvalue weighted by molar-refractivity contribution is -0.151. The highest BCUT2D eigenvalue weighted by Gasteiger charge is 2.43. The van der Waals surface area contributed by atoms with Crippen molar-refractivity contribution in [1.82, 2.24) is 4.90 Å². The van der Waals surface area contributed by atoms with E-state index in [9.17, 15) is 14.4 Å². The molecule has 0 saturated heterocycles. The fourth-order valence-corrected chi connectivity index (χ4v) is 2.78. The van der Waals surface area contributed by atoms with Crippen molar-refractivity contribution >= 4 is 23.5 Å². The van der Waals surface area contributed by atoms with Crippen LogP contribution < -0.4 is 5.32 Å². The Morgan fingerprint density at radius 2 is 1.50 bits per heavy atom. The minimum atomic E-state index is -1.24. The Balaban J connectivity index is 1.95. The van der Waals surface area contributed by atoms with Gasteiger partial charge < -0.3 is 10.1 Å². The van der Waals surface area contributed by atoms with E-state index < -0.39 is 23.9 Å². The van der Waals surface area contributed by atoms with E-state index in [0.717, 1.165) is 10.5 Å². The lowest BCUT2D eigenvalue weighted by atomic mass is 10.1. The molecule has 1 heterocycles. The monoisotopic (exact) mass is 352 g/mol. The highest BCUT2D eigenvalue weighted by Crippen LogP contribution is 2.26. The quantitative estimate of drug-likeness (QED) is 0.661. The van der Waals surface area contributed by atoms with Crippen LogP contribution in [-0.2, 0) is 9.53 Å². The third-order valence-corrected chi connectivity index (χ3v) is 4.01. The predicted octanol–water partition coefficient (Wildman–Crippen LogP) is 2.98. The Morgan fingerprint density at radius 1 is 0.962 bits per heavy atom. The highest BCUT2D eigenvalue weighted by molar-refractivity contribution is 6.22. The number of carbonyl (C=O) groups is 3. The van der Waals surface area contributed by atoms with Crippen molar-refractivity contribution in [2.75, 3.05) is 5.32 Å². The van der Waals surface area contributed by atoms with E-state index in [-0.39, 0.29) is 17.2 Å². The third-order valence-electron chi connectivity index (χ3n) is 4.01. The maximum absolute atomic E-state index is 12.7. The number of rotatable bonds is 5.